The van der Waals surface area contributed by atoms with Gasteiger partial charge in [-0.15, -0.1) is 0 Å². The summed E-state index contributed by atoms with van der Waals surface area (Å²) in [6.07, 6.45) is 1.37. The Morgan fingerprint density at radius 3 is 2.57 bits per heavy atom. The van der Waals surface area contributed by atoms with Crippen LogP contribution in [0.5, 0.6) is 0 Å². The van der Waals surface area contributed by atoms with Gasteiger partial charge in [0.05, 0.1) is 4.92 Å². The van der Waals surface area contributed by atoms with Gasteiger partial charge in [-0.1, -0.05) is 23.7 Å². The highest BCUT2D eigenvalue weighted by Crippen LogP contribution is 2.24. The zero-order valence-corrected chi connectivity index (χ0v) is 12.8. The van der Waals surface area contributed by atoms with Gasteiger partial charge in [-0.3, -0.25) is 14.9 Å². The largest absolute Gasteiger partial charge is 0.352 e. The van der Waals surface area contributed by atoms with E-state index in [9.17, 15) is 19.3 Å². The molecule has 0 atom stereocenters. The van der Waals surface area contributed by atoms with E-state index in [2.05, 4.69) is 5.32 Å². The molecule has 0 aliphatic carbocycles. The van der Waals surface area contributed by atoms with Crippen LogP contribution >= 0.6 is 11.6 Å². The molecule has 2 rings (SSSR count). The first-order valence-corrected chi connectivity index (χ1v) is 7.32. The van der Waals surface area contributed by atoms with Gasteiger partial charge >= 0.3 is 0 Å². The summed E-state index contributed by atoms with van der Waals surface area (Å²) in [6, 6.07) is 10.1. The van der Waals surface area contributed by atoms with Crippen molar-refractivity contribution in [3.05, 3.63) is 74.5 Å². The number of aryl methyl sites for hydroxylation is 1. The van der Waals surface area contributed by atoms with E-state index in [0.717, 1.165) is 11.6 Å². The third-order valence-corrected chi connectivity index (χ3v) is 3.57. The molecule has 7 heteroatoms. The van der Waals surface area contributed by atoms with Crippen LogP contribution < -0.4 is 5.32 Å². The van der Waals surface area contributed by atoms with Crippen LogP contribution in [0.2, 0.25) is 5.02 Å². The van der Waals surface area contributed by atoms with E-state index in [-0.39, 0.29) is 22.1 Å². The molecule has 0 unspecified atom stereocenters. The van der Waals surface area contributed by atoms with Gasteiger partial charge in [0.1, 0.15) is 10.8 Å². The van der Waals surface area contributed by atoms with E-state index in [4.69, 9.17) is 11.6 Å². The SMILES string of the molecule is O=C(NCCCc1ccc(F)cc1)c1ccc(Cl)c([N+](=O)[O-])c1. The van der Waals surface area contributed by atoms with Crippen LogP contribution in [0, 0.1) is 15.9 Å². The van der Waals surface area contributed by atoms with Crippen LogP contribution in [0.3, 0.4) is 0 Å². The normalized spacial score (nSPS) is 10.3. The number of hydrogen-bond acceptors (Lipinski definition) is 3. The minimum absolute atomic E-state index is 0.0112. The Balaban J connectivity index is 1.86. The molecule has 0 aliphatic rings. The maximum absolute atomic E-state index is 12.8. The Morgan fingerprint density at radius 1 is 1.22 bits per heavy atom. The summed E-state index contributed by atoms with van der Waals surface area (Å²) in [4.78, 5) is 22.1. The van der Waals surface area contributed by atoms with Gasteiger partial charge in [-0.05, 0) is 42.7 Å². The molecule has 0 heterocycles. The molecule has 5 nitrogen and oxygen atoms in total. The molecule has 0 saturated heterocycles. The Kier molecular flexibility index (Phi) is 5.65. The first-order chi connectivity index (χ1) is 11.0. The second kappa shape index (κ2) is 7.69. The fourth-order valence-corrected chi connectivity index (χ4v) is 2.23. The highest BCUT2D eigenvalue weighted by Gasteiger charge is 2.15. The molecule has 23 heavy (non-hydrogen) atoms. The Morgan fingerprint density at radius 2 is 1.91 bits per heavy atom. The molecule has 0 fully saturated rings. The average Bonchev–Trinajstić information content (AvgIpc) is 2.53. The van der Waals surface area contributed by atoms with Crippen molar-refractivity contribution in [2.24, 2.45) is 0 Å². The third-order valence-electron chi connectivity index (χ3n) is 3.25. The van der Waals surface area contributed by atoms with Gasteiger partial charge in [0.2, 0.25) is 0 Å². The van der Waals surface area contributed by atoms with Gasteiger partial charge < -0.3 is 5.32 Å². The smallest absolute Gasteiger partial charge is 0.288 e. The fourth-order valence-electron chi connectivity index (χ4n) is 2.04. The topological polar surface area (TPSA) is 72.2 Å². The van der Waals surface area contributed by atoms with E-state index in [1.807, 2.05) is 0 Å². The molecule has 0 aromatic heterocycles. The lowest BCUT2D eigenvalue weighted by atomic mass is 10.1. The summed E-state index contributed by atoms with van der Waals surface area (Å²) in [5.74, 6) is -0.685. The van der Waals surface area contributed by atoms with E-state index < -0.39 is 10.8 Å². The number of benzene rings is 2. The van der Waals surface area contributed by atoms with Gasteiger partial charge in [0.15, 0.2) is 0 Å². The van der Waals surface area contributed by atoms with Crippen molar-refractivity contribution >= 4 is 23.2 Å². The number of nitro benzene ring substituents is 1. The number of nitro groups is 1. The Bertz CT molecular complexity index is 720. The number of nitrogens with zero attached hydrogens (tertiary/aromatic N) is 1. The standard InChI is InChI=1S/C16H14ClFN2O3/c17-14-8-5-12(10-15(14)20(22)23)16(21)19-9-1-2-11-3-6-13(18)7-4-11/h3-8,10H,1-2,9H2,(H,19,21). The van der Waals surface area contributed by atoms with E-state index in [1.165, 1.54) is 24.3 Å². The average molecular weight is 337 g/mol. The molecular formula is C16H14ClFN2O3. The Labute approximate surface area is 137 Å². The highest BCUT2D eigenvalue weighted by atomic mass is 35.5. The molecule has 0 spiro atoms. The quantitative estimate of drug-likeness (QED) is 0.496. The van der Waals surface area contributed by atoms with Crippen LogP contribution in [-0.4, -0.2) is 17.4 Å². The predicted octanol–water partition coefficient (Wildman–Crippen LogP) is 3.75. The maximum Gasteiger partial charge on any atom is 0.288 e. The number of rotatable bonds is 6. The van der Waals surface area contributed by atoms with Crippen molar-refractivity contribution in [2.75, 3.05) is 6.54 Å². The van der Waals surface area contributed by atoms with Crippen LogP contribution in [0.4, 0.5) is 10.1 Å². The third kappa shape index (κ3) is 4.75. The lowest BCUT2D eigenvalue weighted by Gasteiger charge is -2.06. The molecule has 0 bridgehead atoms. The predicted molar refractivity (Wildman–Crippen MR) is 85.2 cm³/mol. The van der Waals surface area contributed by atoms with Gasteiger partial charge in [0, 0.05) is 18.2 Å². The number of halogens is 2. The maximum atomic E-state index is 12.8. The molecule has 2 aromatic rings. The molecule has 1 amide bonds. The minimum Gasteiger partial charge on any atom is -0.352 e. The van der Waals surface area contributed by atoms with Crippen molar-refractivity contribution in [3.63, 3.8) is 0 Å². The second-order valence-corrected chi connectivity index (χ2v) is 5.32. The molecule has 2 aromatic carbocycles. The highest BCUT2D eigenvalue weighted by molar-refractivity contribution is 6.32. The van der Waals surface area contributed by atoms with Crippen molar-refractivity contribution in [1.82, 2.24) is 5.32 Å². The number of nitrogens with one attached hydrogen (secondary N) is 1. The summed E-state index contributed by atoms with van der Waals surface area (Å²) in [7, 11) is 0. The van der Waals surface area contributed by atoms with Crippen molar-refractivity contribution in [2.45, 2.75) is 12.8 Å². The zero-order valence-electron chi connectivity index (χ0n) is 12.1. The second-order valence-electron chi connectivity index (χ2n) is 4.91. The molecule has 0 saturated carbocycles. The summed E-state index contributed by atoms with van der Waals surface area (Å²) >= 11 is 5.70. The molecule has 1 N–H and O–H groups in total. The van der Waals surface area contributed by atoms with Gasteiger partial charge in [-0.25, -0.2) is 4.39 Å². The monoisotopic (exact) mass is 336 g/mol. The first-order valence-electron chi connectivity index (χ1n) is 6.94. The van der Waals surface area contributed by atoms with E-state index in [0.29, 0.717) is 19.4 Å². The fraction of sp³-hybridized carbons (Fsp3) is 0.188. The zero-order chi connectivity index (χ0) is 16.8. The number of carbonyl (C=O) groups is 1. The lowest BCUT2D eigenvalue weighted by molar-refractivity contribution is -0.384. The number of hydrogen-bond donors (Lipinski definition) is 1. The summed E-state index contributed by atoms with van der Waals surface area (Å²) in [5, 5.41) is 13.5. The summed E-state index contributed by atoms with van der Waals surface area (Å²) in [6.45, 7) is 0.409. The molecule has 120 valence electrons. The van der Waals surface area contributed by atoms with Crippen LogP contribution in [0.15, 0.2) is 42.5 Å². The number of carbonyl (C=O) groups excluding carboxylic acids is 1. The first kappa shape index (κ1) is 16.9. The van der Waals surface area contributed by atoms with E-state index >= 15 is 0 Å². The van der Waals surface area contributed by atoms with Crippen LogP contribution in [0.1, 0.15) is 22.3 Å². The van der Waals surface area contributed by atoms with Gasteiger partial charge in [0.25, 0.3) is 11.6 Å². The molecular weight excluding hydrogens is 323 g/mol. The number of amides is 1. The lowest BCUT2D eigenvalue weighted by Crippen LogP contribution is -2.24. The molecule has 0 aliphatic heterocycles. The van der Waals surface area contributed by atoms with Crippen molar-refractivity contribution in [3.8, 4) is 0 Å². The summed E-state index contributed by atoms with van der Waals surface area (Å²) in [5.41, 5.74) is 0.858. The van der Waals surface area contributed by atoms with Crippen LogP contribution in [0.25, 0.3) is 0 Å². The van der Waals surface area contributed by atoms with Crippen LogP contribution in [-0.2, 0) is 6.42 Å². The van der Waals surface area contributed by atoms with Crippen molar-refractivity contribution < 1.29 is 14.1 Å². The Hall–Kier alpha value is -2.47. The van der Waals surface area contributed by atoms with Gasteiger partial charge in [-0.2, -0.15) is 0 Å². The van der Waals surface area contributed by atoms with E-state index in [1.54, 1.807) is 12.1 Å². The summed E-state index contributed by atoms with van der Waals surface area (Å²) < 4.78 is 12.8. The molecule has 0 radical (unpaired) electrons. The minimum atomic E-state index is -0.631. The van der Waals surface area contributed by atoms with Crippen molar-refractivity contribution in [1.29, 1.82) is 0 Å².